The third-order valence-corrected chi connectivity index (χ3v) is 4.64. The molecule has 0 saturated heterocycles. The van der Waals surface area contributed by atoms with Crippen LogP contribution in [0.15, 0.2) is 5.38 Å². The van der Waals surface area contributed by atoms with Gasteiger partial charge in [0.05, 0.1) is 0 Å². The zero-order valence-corrected chi connectivity index (χ0v) is 11.4. The van der Waals surface area contributed by atoms with E-state index in [9.17, 15) is 0 Å². The van der Waals surface area contributed by atoms with Crippen molar-refractivity contribution >= 4 is 11.3 Å². The third-order valence-electron chi connectivity index (χ3n) is 3.68. The highest BCUT2D eigenvalue weighted by Gasteiger charge is 2.19. The number of aromatic nitrogens is 1. The molecule has 0 aromatic carbocycles. The second kappa shape index (κ2) is 6.47. The standard InChI is InChI=1S/C13H23N3S/c1-10-9-17-13(16-10)8-15-7-12-4-2-11(6-14)3-5-12/h9,11-12,15H,2-8,14H2,1H3. The molecule has 0 unspecified atom stereocenters. The topological polar surface area (TPSA) is 50.9 Å². The number of nitrogens with one attached hydrogen (secondary N) is 1. The van der Waals surface area contributed by atoms with E-state index in [0.29, 0.717) is 0 Å². The number of hydrogen-bond acceptors (Lipinski definition) is 4. The molecule has 17 heavy (non-hydrogen) atoms. The summed E-state index contributed by atoms with van der Waals surface area (Å²) in [7, 11) is 0. The molecule has 1 fully saturated rings. The predicted molar refractivity (Wildman–Crippen MR) is 73.1 cm³/mol. The lowest BCUT2D eigenvalue weighted by atomic mass is 9.82. The van der Waals surface area contributed by atoms with Crippen molar-refractivity contribution < 1.29 is 0 Å². The zero-order valence-electron chi connectivity index (χ0n) is 10.6. The summed E-state index contributed by atoms with van der Waals surface area (Å²) in [5.41, 5.74) is 6.84. The first-order valence-electron chi connectivity index (χ1n) is 6.59. The molecule has 1 saturated carbocycles. The quantitative estimate of drug-likeness (QED) is 0.846. The molecular formula is C13H23N3S. The minimum atomic E-state index is 0.785. The molecule has 3 nitrogen and oxygen atoms in total. The highest BCUT2D eigenvalue weighted by molar-refractivity contribution is 7.09. The fourth-order valence-electron chi connectivity index (χ4n) is 2.54. The lowest BCUT2D eigenvalue weighted by molar-refractivity contribution is 0.272. The van der Waals surface area contributed by atoms with Crippen LogP contribution in [0.1, 0.15) is 36.4 Å². The highest BCUT2D eigenvalue weighted by atomic mass is 32.1. The zero-order chi connectivity index (χ0) is 12.1. The molecular weight excluding hydrogens is 230 g/mol. The first-order valence-corrected chi connectivity index (χ1v) is 7.47. The Bertz CT molecular complexity index is 329. The summed E-state index contributed by atoms with van der Waals surface area (Å²) in [6, 6.07) is 0. The average Bonchev–Trinajstić information content (AvgIpc) is 2.76. The van der Waals surface area contributed by atoms with Crippen molar-refractivity contribution in [1.82, 2.24) is 10.3 Å². The minimum Gasteiger partial charge on any atom is -0.330 e. The van der Waals surface area contributed by atoms with E-state index in [1.54, 1.807) is 11.3 Å². The molecule has 1 aromatic heterocycles. The maximum atomic E-state index is 5.70. The van der Waals surface area contributed by atoms with Gasteiger partial charge in [-0.1, -0.05) is 0 Å². The fourth-order valence-corrected chi connectivity index (χ4v) is 3.28. The van der Waals surface area contributed by atoms with Gasteiger partial charge in [-0.05, 0) is 57.5 Å². The van der Waals surface area contributed by atoms with E-state index in [0.717, 1.165) is 37.2 Å². The summed E-state index contributed by atoms with van der Waals surface area (Å²) in [6.07, 6.45) is 5.32. The normalized spacial score (nSPS) is 25.1. The van der Waals surface area contributed by atoms with Crippen molar-refractivity contribution in [2.75, 3.05) is 13.1 Å². The van der Waals surface area contributed by atoms with Crippen molar-refractivity contribution in [1.29, 1.82) is 0 Å². The van der Waals surface area contributed by atoms with Gasteiger partial charge in [0.25, 0.3) is 0 Å². The van der Waals surface area contributed by atoms with Crippen molar-refractivity contribution in [3.05, 3.63) is 16.1 Å². The van der Waals surface area contributed by atoms with Gasteiger partial charge in [-0.25, -0.2) is 4.98 Å². The van der Waals surface area contributed by atoms with Crippen LogP contribution in [0.25, 0.3) is 0 Å². The van der Waals surface area contributed by atoms with E-state index in [-0.39, 0.29) is 0 Å². The molecule has 0 aliphatic heterocycles. The number of nitrogens with two attached hydrogens (primary N) is 1. The van der Waals surface area contributed by atoms with Gasteiger partial charge < -0.3 is 11.1 Å². The molecule has 1 aliphatic carbocycles. The van der Waals surface area contributed by atoms with E-state index in [4.69, 9.17) is 5.73 Å². The van der Waals surface area contributed by atoms with Gasteiger partial charge in [-0.2, -0.15) is 0 Å². The van der Waals surface area contributed by atoms with Crippen LogP contribution in [0.2, 0.25) is 0 Å². The Balaban J connectivity index is 1.63. The molecule has 0 amide bonds. The van der Waals surface area contributed by atoms with E-state index in [2.05, 4.69) is 15.7 Å². The van der Waals surface area contributed by atoms with Crippen LogP contribution in [0, 0.1) is 18.8 Å². The summed E-state index contributed by atoms with van der Waals surface area (Å²) in [4.78, 5) is 4.46. The molecule has 3 N–H and O–H groups in total. The summed E-state index contributed by atoms with van der Waals surface area (Å²) in [5.74, 6) is 1.63. The molecule has 2 rings (SSSR count). The number of nitrogens with zero attached hydrogens (tertiary/aromatic N) is 1. The van der Waals surface area contributed by atoms with Crippen molar-refractivity contribution in [2.24, 2.45) is 17.6 Å². The first kappa shape index (κ1) is 13.0. The van der Waals surface area contributed by atoms with Gasteiger partial charge in [0.15, 0.2) is 0 Å². The van der Waals surface area contributed by atoms with E-state index >= 15 is 0 Å². The summed E-state index contributed by atoms with van der Waals surface area (Å²) < 4.78 is 0. The lowest BCUT2D eigenvalue weighted by Gasteiger charge is -2.27. The maximum absolute atomic E-state index is 5.70. The third kappa shape index (κ3) is 4.05. The van der Waals surface area contributed by atoms with Crippen molar-refractivity contribution in [2.45, 2.75) is 39.2 Å². The van der Waals surface area contributed by atoms with Crippen LogP contribution >= 0.6 is 11.3 Å². The fraction of sp³-hybridized carbons (Fsp3) is 0.769. The molecule has 96 valence electrons. The Kier molecular flexibility index (Phi) is 4.95. The van der Waals surface area contributed by atoms with Gasteiger partial charge in [0.1, 0.15) is 5.01 Å². The molecule has 1 heterocycles. The summed E-state index contributed by atoms with van der Waals surface area (Å²) in [5, 5.41) is 6.86. The van der Waals surface area contributed by atoms with Gasteiger partial charge in [0.2, 0.25) is 0 Å². The summed E-state index contributed by atoms with van der Waals surface area (Å²) >= 11 is 1.75. The molecule has 1 aromatic rings. The van der Waals surface area contributed by atoms with Crippen molar-refractivity contribution in [3.8, 4) is 0 Å². The van der Waals surface area contributed by atoms with Gasteiger partial charge >= 0.3 is 0 Å². The smallest absolute Gasteiger partial charge is 0.107 e. The number of hydrogen-bond donors (Lipinski definition) is 2. The minimum absolute atomic E-state index is 0.785. The van der Waals surface area contributed by atoms with Gasteiger partial charge in [-0.3, -0.25) is 0 Å². The Hall–Kier alpha value is -0.450. The van der Waals surface area contributed by atoms with E-state index < -0.39 is 0 Å². The van der Waals surface area contributed by atoms with E-state index in [1.165, 1.54) is 30.7 Å². The van der Waals surface area contributed by atoms with Crippen LogP contribution in [0.5, 0.6) is 0 Å². The van der Waals surface area contributed by atoms with Crippen LogP contribution in [-0.2, 0) is 6.54 Å². The molecule has 0 radical (unpaired) electrons. The van der Waals surface area contributed by atoms with Crippen LogP contribution in [0.3, 0.4) is 0 Å². The largest absolute Gasteiger partial charge is 0.330 e. The predicted octanol–water partition coefficient (Wildman–Crippen LogP) is 2.31. The second-order valence-corrected chi connectivity index (χ2v) is 6.08. The highest BCUT2D eigenvalue weighted by Crippen LogP contribution is 2.27. The second-order valence-electron chi connectivity index (χ2n) is 5.14. The number of aryl methyl sites for hydroxylation is 1. The SMILES string of the molecule is Cc1csc(CNCC2CCC(CN)CC2)n1. The molecule has 0 bridgehead atoms. The van der Waals surface area contributed by atoms with Gasteiger partial charge in [0, 0.05) is 17.6 Å². The Morgan fingerprint density at radius 3 is 2.65 bits per heavy atom. The summed E-state index contributed by atoms with van der Waals surface area (Å²) in [6.45, 7) is 4.98. The molecule has 0 spiro atoms. The van der Waals surface area contributed by atoms with Crippen LogP contribution in [0.4, 0.5) is 0 Å². The van der Waals surface area contributed by atoms with Crippen molar-refractivity contribution in [3.63, 3.8) is 0 Å². The molecule has 4 heteroatoms. The lowest BCUT2D eigenvalue weighted by Crippen LogP contribution is -2.28. The Labute approximate surface area is 108 Å². The maximum Gasteiger partial charge on any atom is 0.107 e. The number of thiazole rings is 1. The number of rotatable bonds is 5. The first-order chi connectivity index (χ1) is 8.28. The van der Waals surface area contributed by atoms with Crippen LogP contribution < -0.4 is 11.1 Å². The monoisotopic (exact) mass is 253 g/mol. The molecule has 1 aliphatic rings. The van der Waals surface area contributed by atoms with Gasteiger partial charge in [-0.15, -0.1) is 11.3 Å². The average molecular weight is 253 g/mol. The van der Waals surface area contributed by atoms with Crippen LogP contribution in [-0.4, -0.2) is 18.1 Å². The Morgan fingerprint density at radius 2 is 2.06 bits per heavy atom. The molecule has 0 atom stereocenters. The Morgan fingerprint density at radius 1 is 1.35 bits per heavy atom. The van der Waals surface area contributed by atoms with E-state index in [1.807, 2.05) is 6.92 Å².